The fourth-order valence-corrected chi connectivity index (χ4v) is 2.00. The van der Waals surface area contributed by atoms with E-state index in [-0.39, 0.29) is 0 Å². The first-order valence-corrected chi connectivity index (χ1v) is 6.26. The van der Waals surface area contributed by atoms with Crippen molar-refractivity contribution in [2.24, 2.45) is 0 Å². The van der Waals surface area contributed by atoms with Gasteiger partial charge in [-0.15, -0.1) is 12.6 Å². The van der Waals surface area contributed by atoms with Crippen LogP contribution in [0.25, 0.3) is 0 Å². The number of thiol groups is 1. The zero-order valence-corrected chi connectivity index (χ0v) is 10.3. The van der Waals surface area contributed by atoms with Crippen LogP contribution in [-0.4, -0.2) is 25.9 Å². The van der Waals surface area contributed by atoms with Gasteiger partial charge in [-0.25, -0.2) is 0 Å². The molecule has 1 aliphatic rings. The van der Waals surface area contributed by atoms with Crippen LogP contribution in [0, 0.1) is 0 Å². The summed E-state index contributed by atoms with van der Waals surface area (Å²) in [5, 5.41) is 0. The average molecular weight is 238 g/mol. The Labute approximate surface area is 102 Å². The summed E-state index contributed by atoms with van der Waals surface area (Å²) in [4.78, 5) is 1.00. The first-order chi connectivity index (χ1) is 7.84. The first kappa shape index (κ1) is 12.0. The number of ether oxygens (including phenoxy) is 2. The summed E-state index contributed by atoms with van der Waals surface area (Å²) in [7, 11) is 0. The van der Waals surface area contributed by atoms with Gasteiger partial charge >= 0.3 is 0 Å². The van der Waals surface area contributed by atoms with Gasteiger partial charge in [0.05, 0.1) is 19.3 Å². The van der Waals surface area contributed by atoms with Gasteiger partial charge in [-0.1, -0.05) is 12.1 Å². The van der Waals surface area contributed by atoms with Crippen LogP contribution < -0.4 is 0 Å². The van der Waals surface area contributed by atoms with Gasteiger partial charge in [0.2, 0.25) is 0 Å². The Balaban J connectivity index is 1.69. The zero-order chi connectivity index (χ0) is 11.2. The molecule has 0 saturated carbocycles. The van der Waals surface area contributed by atoms with E-state index in [9.17, 15) is 0 Å². The van der Waals surface area contributed by atoms with Crippen molar-refractivity contribution in [2.75, 3.05) is 19.8 Å². The topological polar surface area (TPSA) is 18.5 Å². The van der Waals surface area contributed by atoms with E-state index in [1.807, 2.05) is 12.1 Å². The number of benzene rings is 1. The van der Waals surface area contributed by atoms with Crippen molar-refractivity contribution in [3.05, 3.63) is 29.8 Å². The lowest BCUT2D eigenvalue weighted by molar-refractivity contribution is -0.0489. The minimum absolute atomic E-state index is 0.304. The molecule has 1 aliphatic heterocycles. The highest BCUT2D eigenvalue weighted by Crippen LogP contribution is 2.12. The molecule has 1 aromatic carbocycles. The second-order valence-electron chi connectivity index (χ2n) is 4.13. The van der Waals surface area contributed by atoms with Crippen LogP contribution in [0.4, 0.5) is 0 Å². The van der Waals surface area contributed by atoms with Gasteiger partial charge in [0.25, 0.3) is 0 Å². The molecular weight excluding hydrogens is 220 g/mol. The summed E-state index contributed by atoms with van der Waals surface area (Å²) in [6.07, 6.45) is 3.52. The molecule has 3 heteroatoms. The summed E-state index contributed by atoms with van der Waals surface area (Å²) in [6.45, 7) is 2.43. The van der Waals surface area contributed by atoms with E-state index in [0.29, 0.717) is 6.10 Å². The molecule has 16 heavy (non-hydrogen) atoms. The molecule has 0 radical (unpaired) electrons. The Bertz CT molecular complexity index is 304. The normalized spacial score (nSPS) is 20.9. The highest BCUT2D eigenvalue weighted by Gasteiger charge is 2.13. The van der Waals surface area contributed by atoms with E-state index in [4.69, 9.17) is 9.47 Å². The molecule has 1 saturated heterocycles. The fourth-order valence-electron chi connectivity index (χ4n) is 1.85. The molecule has 1 unspecified atom stereocenters. The fraction of sp³-hybridized carbons (Fsp3) is 0.538. The lowest BCUT2D eigenvalue weighted by Crippen LogP contribution is -2.26. The maximum absolute atomic E-state index is 5.77. The predicted octanol–water partition coefficient (Wildman–Crippen LogP) is 2.71. The predicted molar refractivity (Wildman–Crippen MR) is 67.2 cm³/mol. The Kier molecular flexibility index (Phi) is 4.69. The van der Waals surface area contributed by atoms with E-state index in [1.165, 1.54) is 5.56 Å². The van der Waals surface area contributed by atoms with Gasteiger partial charge < -0.3 is 9.47 Å². The van der Waals surface area contributed by atoms with E-state index >= 15 is 0 Å². The Morgan fingerprint density at radius 1 is 1.31 bits per heavy atom. The molecule has 88 valence electrons. The molecule has 0 N–H and O–H groups in total. The third-order valence-corrected chi connectivity index (χ3v) is 3.10. The minimum atomic E-state index is 0.304. The molecule has 1 heterocycles. The highest BCUT2D eigenvalue weighted by atomic mass is 32.1. The Morgan fingerprint density at radius 3 is 2.81 bits per heavy atom. The SMILES string of the molecule is Sc1ccc(CCOC2CCCOC2)cc1. The van der Waals surface area contributed by atoms with Crippen LogP contribution in [-0.2, 0) is 15.9 Å². The molecule has 0 aliphatic carbocycles. The van der Waals surface area contributed by atoms with Gasteiger partial charge in [-0.05, 0) is 37.0 Å². The molecule has 0 amide bonds. The van der Waals surface area contributed by atoms with E-state index in [1.54, 1.807) is 0 Å². The van der Waals surface area contributed by atoms with Crippen LogP contribution in [0.2, 0.25) is 0 Å². The minimum Gasteiger partial charge on any atom is -0.379 e. The summed E-state index contributed by atoms with van der Waals surface area (Å²) >= 11 is 4.26. The van der Waals surface area contributed by atoms with Gasteiger partial charge in [0.15, 0.2) is 0 Å². The number of hydrogen-bond donors (Lipinski definition) is 1. The third-order valence-electron chi connectivity index (χ3n) is 2.80. The lowest BCUT2D eigenvalue weighted by Gasteiger charge is -2.22. The van der Waals surface area contributed by atoms with Crippen molar-refractivity contribution < 1.29 is 9.47 Å². The van der Waals surface area contributed by atoms with E-state index < -0.39 is 0 Å². The number of rotatable bonds is 4. The molecule has 1 atom stereocenters. The molecule has 2 rings (SSSR count). The van der Waals surface area contributed by atoms with Crippen molar-refractivity contribution in [2.45, 2.75) is 30.3 Å². The molecule has 0 bridgehead atoms. The van der Waals surface area contributed by atoms with E-state index in [0.717, 1.165) is 44.0 Å². The maximum Gasteiger partial charge on any atom is 0.0809 e. The van der Waals surface area contributed by atoms with Crippen molar-refractivity contribution >= 4 is 12.6 Å². The highest BCUT2D eigenvalue weighted by molar-refractivity contribution is 7.80. The summed E-state index contributed by atoms with van der Waals surface area (Å²) in [5.41, 5.74) is 1.30. The quantitative estimate of drug-likeness (QED) is 0.813. The van der Waals surface area contributed by atoms with Crippen LogP contribution in [0.3, 0.4) is 0 Å². The molecule has 0 aromatic heterocycles. The average Bonchev–Trinajstić information content (AvgIpc) is 2.33. The van der Waals surface area contributed by atoms with Crippen LogP contribution in [0.5, 0.6) is 0 Å². The molecular formula is C13H18O2S. The van der Waals surface area contributed by atoms with Gasteiger partial charge in [0, 0.05) is 11.5 Å². The monoisotopic (exact) mass is 238 g/mol. The van der Waals surface area contributed by atoms with Crippen LogP contribution in [0.15, 0.2) is 29.2 Å². The summed E-state index contributed by atoms with van der Waals surface area (Å²) in [6, 6.07) is 8.23. The lowest BCUT2D eigenvalue weighted by atomic mass is 10.1. The van der Waals surface area contributed by atoms with E-state index in [2.05, 4.69) is 24.8 Å². The molecule has 1 aromatic rings. The smallest absolute Gasteiger partial charge is 0.0809 e. The molecule has 0 spiro atoms. The third kappa shape index (κ3) is 3.81. The molecule has 1 fully saturated rings. The number of hydrogen-bond acceptors (Lipinski definition) is 3. The summed E-state index contributed by atoms with van der Waals surface area (Å²) in [5.74, 6) is 0. The van der Waals surface area contributed by atoms with Crippen LogP contribution in [0.1, 0.15) is 18.4 Å². The van der Waals surface area contributed by atoms with Crippen LogP contribution >= 0.6 is 12.6 Å². The molecule has 2 nitrogen and oxygen atoms in total. The van der Waals surface area contributed by atoms with Crippen molar-refractivity contribution in [3.63, 3.8) is 0 Å². The summed E-state index contributed by atoms with van der Waals surface area (Å²) < 4.78 is 11.1. The van der Waals surface area contributed by atoms with Gasteiger partial charge in [-0.3, -0.25) is 0 Å². The van der Waals surface area contributed by atoms with Gasteiger partial charge in [0.1, 0.15) is 0 Å². The Hall–Kier alpha value is -0.510. The largest absolute Gasteiger partial charge is 0.379 e. The van der Waals surface area contributed by atoms with Crippen molar-refractivity contribution in [1.29, 1.82) is 0 Å². The van der Waals surface area contributed by atoms with Crippen molar-refractivity contribution in [1.82, 2.24) is 0 Å². The Morgan fingerprint density at radius 2 is 2.12 bits per heavy atom. The second kappa shape index (κ2) is 6.28. The second-order valence-corrected chi connectivity index (χ2v) is 4.64. The van der Waals surface area contributed by atoms with Gasteiger partial charge in [-0.2, -0.15) is 0 Å². The maximum atomic E-state index is 5.77. The zero-order valence-electron chi connectivity index (χ0n) is 9.39. The van der Waals surface area contributed by atoms with Crippen molar-refractivity contribution in [3.8, 4) is 0 Å². The standard InChI is InChI=1S/C13H18O2S/c16-13-5-3-11(4-6-13)7-9-15-12-2-1-8-14-10-12/h3-6,12,16H,1-2,7-10H2. The first-order valence-electron chi connectivity index (χ1n) is 5.82.